The third-order valence-corrected chi connectivity index (χ3v) is 14.7. The lowest BCUT2D eigenvalue weighted by Gasteiger charge is -2.61. The smallest absolute Gasteiger partial charge is 0.160 e. The van der Waals surface area contributed by atoms with E-state index in [9.17, 15) is 0 Å². The molecule has 9 aromatic rings. The van der Waals surface area contributed by atoms with Gasteiger partial charge in [-0.2, -0.15) is 0 Å². The number of fused-ring (bicyclic) bond motifs is 6. The Hall–Kier alpha value is -6.58. The topological polar surface area (TPSA) is 38.9 Å². The summed E-state index contributed by atoms with van der Waals surface area (Å²) in [6, 6.07) is 61.6. The molecule has 282 valence electrons. The van der Waals surface area contributed by atoms with Crippen LogP contribution in [0.5, 0.6) is 0 Å². The normalized spacial score (nSPS) is 22.3. The Kier molecular flexibility index (Phi) is 7.19. The van der Waals surface area contributed by atoms with Gasteiger partial charge in [-0.3, -0.25) is 0 Å². The second kappa shape index (κ2) is 12.7. The van der Waals surface area contributed by atoms with Crippen LogP contribution in [0.2, 0.25) is 0 Å². The number of para-hydroxylation sites is 2. The van der Waals surface area contributed by atoms with E-state index in [0.29, 0.717) is 17.7 Å². The maximum atomic E-state index is 6.89. The van der Waals surface area contributed by atoms with Gasteiger partial charge in [-0.25, -0.2) is 9.97 Å². The molecule has 5 aliphatic rings. The molecule has 0 N–H and O–H groups in total. The number of hydrogen-bond acceptors (Lipinski definition) is 3. The van der Waals surface area contributed by atoms with Gasteiger partial charge in [-0.05, 0) is 107 Å². The molecule has 2 heterocycles. The van der Waals surface area contributed by atoms with E-state index < -0.39 is 0 Å². The molecule has 3 heteroatoms. The summed E-state index contributed by atoms with van der Waals surface area (Å²) < 4.78 is 6.89. The summed E-state index contributed by atoms with van der Waals surface area (Å²) in [6.45, 7) is 0. The molecule has 0 saturated heterocycles. The van der Waals surface area contributed by atoms with Crippen LogP contribution >= 0.6 is 0 Å². The Morgan fingerprint density at radius 1 is 0.424 bits per heavy atom. The number of hydrogen-bond donors (Lipinski definition) is 0. The quantitative estimate of drug-likeness (QED) is 0.175. The Labute approximate surface area is 344 Å². The van der Waals surface area contributed by atoms with Gasteiger partial charge in [0, 0.05) is 44.0 Å². The maximum absolute atomic E-state index is 6.89. The Morgan fingerprint density at radius 2 is 1.02 bits per heavy atom. The Morgan fingerprint density at radius 3 is 1.76 bits per heavy atom. The number of furan rings is 1. The van der Waals surface area contributed by atoms with Crippen LogP contribution in [0.3, 0.4) is 0 Å². The maximum Gasteiger partial charge on any atom is 0.160 e. The zero-order chi connectivity index (χ0) is 38.7. The molecule has 3 nitrogen and oxygen atoms in total. The largest absolute Gasteiger partial charge is 0.455 e. The molecule has 1 spiro atoms. The predicted molar refractivity (Wildman–Crippen MR) is 240 cm³/mol. The van der Waals surface area contributed by atoms with Crippen LogP contribution in [0.15, 0.2) is 174 Å². The van der Waals surface area contributed by atoms with Crippen LogP contribution < -0.4 is 0 Å². The van der Waals surface area contributed by atoms with E-state index in [4.69, 9.17) is 14.4 Å². The van der Waals surface area contributed by atoms with Crippen molar-refractivity contribution in [3.63, 3.8) is 0 Å². The van der Waals surface area contributed by atoms with Gasteiger partial charge >= 0.3 is 0 Å². The van der Waals surface area contributed by atoms with Crippen LogP contribution in [0.1, 0.15) is 43.2 Å². The SMILES string of the molecule is c1ccc(-c2cc(-c3ccccc3)nc(-c3cccc(-c4ccc5c(c4-c4cccc6c4oc4ccccc46)-c4ccccc4C54C5CC6CC(C5)CC4C6)c3)n2)cc1. The summed E-state index contributed by atoms with van der Waals surface area (Å²) in [5.74, 6) is 3.84. The molecule has 5 aliphatic carbocycles. The lowest BCUT2D eigenvalue weighted by Crippen LogP contribution is -2.55. The van der Waals surface area contributed by atoms with E-state index in [2.05, 4.69) is 170 Å². The third kappa shape index (κ3) is 4.88. The minimum absolute atomic E-state index is 0.0514. The van der Waals surface area contributed by atoms with E-state index in [1.807, 2.05) is 0 Å². The number of nitrogens with zero attached hydrogens (tertiary/aromatic N) is 2. The van der Waals surface area contributed by atoms with E-state index >= 15 is 0 Å². The van der Waals surface area contributed by atoms with Crippen molar-refractivity contribution in [2.24, 2.45) is 23.7 Å². The molecule has 4 fully saturated rings. The summed E-state index contributed by atoms with van der Waals surface area (Å²) in [5, 5.41) is 2.31. The van der Waals surface area contributed by atoms with Gasteiger partial charge in [0.15, 0.2) is 5.82 Å². The summed E-state index contributed by atoms with van der Waals surface area (Å²) in [7, 11) is 0. The van der Waals surface area contributed by atoms with Crippen molar-refractivity contribution in [1.29, 1.82) is 0 Å². The van der Waals surface area contributed by atoms with Crippen LogP contribution in [-0.2, 0) is 5.41 Å². The second-order valence-electron chi connectivity index (χ2n) is 17.7. The first-order valence-electron chi connectivity index (χ1n) is 21.5. The molecule has 4 saturated carbocycles. The molecular formula is C56H42N2O. The lowest BCUT2D eigenvalue weighted by atomic mass is 9.43. The van der Waals surface area contributed by atoms with Gasteiger partial charge < -0.3 is 4.42 Å². The highest BCUT2D eigenvalue weighted by molar-refractivity contribution is 6.13. The van der Waals surface area contributed by atoms with Crippen molar-refractivity contribution in [2.45, 2.75) is 37.5 Å². The summed E-state index contributed by atoms with van der Waals surface area (Å²) in [4.78, 5) is 10.5. The fourth-order valence-corrected chi connectivity index (χ4v) is 12.6. The Bertz CT molecular complexity index is 3040. The van der Waals surface area contributed by atoms with Crippen LogP contribution in [0.25, 0.3) is 89.2 Å². The van der Waals surface area contributed by atoms with Crippen LogP contribution in [-0.4, -0.2) is 9.97 Å². The summed E-state index contributed by atoms with van der Waals surface area (Å²) in [5.41, 5.74) is 17.6. The molecule has 0 atom stereocenters. The predicted octanol–water partition coefficient (Wildman–Crippen LogP) is 14.4. The third-order valence-electron chi connectivity index (χ3n) is 14.7. The molecule has 0 amide bonds. The Balaban J connectivity index is 1.07. The molecular weight excluding hydrogens is 717 g/mol. The standard InChI is InChI=1S/C56H42N2O/c1-3-13-36(14-4-1)49-33-50(37-15-5-2-6-16-37)58-55(57-49)39-18-11-17-38(32-39)42-25-26-48-53(52(42)46-22-12-21-44-43-19-8-10-24-51(43)59-54(44)46)45-20-7-9-23-47(45)56(48)40-28-34-27-35(30-40)31-41(56)29-34/h1-26,32-35,40-41H,27-31H2. The zero-order valence-electron chi connectivity index (χ0n) is 32.8. The fourth-order valence-electron chi connectivity index (χ4n) is 12.6. The highest BCUT2D eigenvalue weighted by Crippen LogP contribution is 2.70. The number of benzene rings is 7. The van der Waals surface area contributed by atoms with Crippen molar-refractivity contribution in [3.8, 4) is 67.3 Å². The van der Waals surface area contributed by atoms with Crippen LogP contribution in [0, 0.1) is 23.7 Å². The van der Waals surface area contributed by atoms with Gasteiger partial charge in [-0.15, -0.1) is 0 Å². The second-order valence-corrected chi connectivity index (χ2v) is 17.7. The molecule has 4 bridgehead atoms. The first-order valence-corrected chi connectivity index (χ1v) is 21.5. The fraction of sp³-hybridized carbons (Fsp3) is 0.179. The summed E-state index contributed by atoms with van der Waals surface area (Å²) in [6.07, 6.45) is 6.85. The average molecular weight is 759 g/mol. The van der Waals surface area contributed by atoms with Crippen molar-refractivity contribution in [1.82, 2.24) is 9.97 Å². The first kappa shape index (κ1) is 33.4. The van der Waals surface area contributed by atoms with Crippen LogP contribution in [0.4, 0.5) is 0 Å². The number of rotatable bonds is 5. The molecule has 0 radical (unpaired) electrons. The molecule has 7 aromatic carbocycles. The number of aromatic nitrogens is 2. The van der Waals surface area contributed by atoms with E-state index in [1.54, 1.807) is 11.1 Å². The monoisotopic (exact) mass is 758 g/mol. The van der Waals surface area contributed by atoms with Gasteiger partial charge in [0.1, 0.15) is 11.2 Å². The van der Waals surface area contributed by atoms with Gasteiger partial charge in [0.05, 0.1) is 11.4 Å². The van der Waals surface area contributed by atoms with Gasteiger partial charge in [0.25, 0.3) is 0 Å². The van der Waals surface area contributed by atoms with Crippen molar-refractivity contribution < 1.29 is 4.42 Å². The highest BCUT2D eigenvalue weighted by atomic mass is 16.3. The van der Waals surface area contributed by atoms with E-state index in [-0.39, 0.29) is 5.41 Å². The average Bonchev–Trinajstić information content (AvgIpc) is 3.82. The molecule has 14 rings (SSSR count). The molecule has 2 aromatic heterocycles. The minimum Gasteiger partial charge on any atom is -0.455 e. The summed E-state index contributed by atoms with van der Waals surface area (Å²) >= 11 is 0. The molecule has 0 unspecified atom stereocenters. The first-order chi connectivity index (χ1) is 29.2. The van der Waals surface area contributed by atoms with Crippen molar-refractivity contribution >= 4 is 21.9 Å². The van der Waals surface area contributed by atoms with Gasteiger partial charge in [0.2, 0.25) is 0 Å². The lowest BCUT2D eigenvalue weighted by molar-refractivity contribution is -0.0399. The minimum atomic E-state index is 0.0514. The van der Waals surface area contributed by atoms with Crippen molar-refractivity contribution in [2.75, 3.05) is 0 Å². The van der Waals surface area contributed by atoms with Crippen molar-refractivity contribution in [3.05, 3.63) is 181 Å². The van der Waals surface area contributed by atoms with E-state index in [1.165, 1.54) is 54.4 Å². The van der Waals surface area contributed by atoms with E-state index in [0.717, 1.165) is 73.0 Å². The van der Waals surface area contributed by atoms with Gasteiger partial charge in [-0.1, -0.05) is 152 Å². The molecule has 59 heavy (non-hydrogen) atoms. The highest BCUT2D eigenvalue weighted by Gasteiger charge is 2.61. The zero-order valence-corrected chi connectivity index (χ0v) is 32.8. The molecule has 0 aliphatic heterocycles.